The molecule has 0 fully saturated rings. The number of methoxy groups -OCH3 is 1. The second-order valence-corrected chi connectivity index (χ2v) is 6.36. The fraction of sp³-hybridized carbons (Fsp3) is 0.389. The molecule has 0 saturated heterocycles. The average molecular weight is 365 g/mol. The van der Waals surface area contributed by atoms with Gasteiger partial charge in [-0.2, -0.15) is 4.98 Å². The summed E-state index contributed by atoms with van der Waals surface area (Å²) in [6.07, 6.45) is 0.505. The van der Waals surface area contributed by atoms with E-state index < -0.39 is 5.97 Å². The first-order chi connectivity index (χ1) is 11.9. The highest BCUT2D eigenvalue weighted by Gasteiger charge is 2.23. The van der Waals surface area contributed by atoms with Crippen LogP contribution in [0, 0.1) is 5.92 Å². The molecular weight excluding hydrogens is 344 g/mol. The number of carbonyl (C=O) groups is 1. The predicted molar refractivity (Wildman–Crippen MR) is 95.4 cm³/mol. The van der Waals surface area contributed by atoms with Crippen LogP contribution in [0.15, 0.2) is 24.3 Å². The number of rotatable bonds is 8. The van der Waals surface area contributed by atoms with Gasteiger partial charge >= 0.3 is 5.97 Å². The Balaban J connectivity index is 2.54. The molecular formula is C18H21ClN2O4. The van der Waals surface area contributed by atoms with Crippen molar-refractivity contribution >= 4 is 17.6 Å². The van der Waals surface area contributed by atoms with Gasteiger partial charge in [0.2, 0.25) is 5.88 Å². The predicted octanol–water partition coefficient (Wildman–Crippen LogP) is 3.72. The molecule has 1 aromatic carbocycles. The molecule has 2 rings (SSSR count). The lowest BCUT2D eigenvalue weighted by Gasteiger charge is -2.14. The Morgan fingerprint density at radius 1 is 1.20 bits per heavy atom. The largest absolute Gasteiger partial charge is 0.477 e. The van der Waals surface area contributed by atoms with E-state index in [2.05, 4.69) is 9.97 Å². The van der Waals surface area contributed by atoms with Crippen LogP contribution in [0.5, 0.6) is 5.88 Å². The molecule has 6 nitrogen and oxygen atoms in total. The Kier molecular flexibility index (Phi) is 6.73. The molecule has 2 aromatic rings. The summed E-state index contributed by atoms with van der Waals surface area (Å²) in [7, 11) is 1.55. The second-order valence-electron chi connectivity index (χ2n) is 5.93. The average Bonchev–Trinajstić information content (AvgIpc) is 2.54. The van der Waals surface area contributed by atoms with Crippen LogP contribution in [0.3, 0.4) is 0 Å². The number of ether oxygens (including phenoxy) is 2. The molecule has 1 heterocycles. The van der Waals surface area contributed by atoms with Gasteiger partial charge in [-0.25, -0.2) is 9.78 Å². The summed E-state index contributed by atoms with van der Waals surface area (Å²) in [4.78, 5) is 20.5. The monoisotopic (exact) mass is 364 g/mol. The Labute approximate surface area is 151 Å². The van der Waals surface area contributed by atoms with Crippen LogP contribution in [0.1, 0.15) is 29.9 Å². The lowest BCUT2D eigenvalue weighted by Crippen LogP contribution is -2.15. The number of benzene rings is 1. The molecule has 0 unspecified atom stereocenters. The van der Waals surface area contributed by atoms with Crippen molar-refractivity contribution < 1.29 is 19.4 Å². The van der Waals surface area contributed by atoms with Gasteiger partial charge in [0.1, 0.15) is 12.2 Å². The van der Waals surface area contributed by atoms with E-state index in [1.807, 2.05) is 13.8 Å². The van der Waals surface area contributed by atoms with Crippen LogP contribution in [0.2, 0.25) is 5.02 Å². The van der Waals surface area contributed by atoms with Gasteiger partial charge in [-0.05, 0) is 36.6 Å². The van der Waals surface area contributed by atoms with Crippen molar-refractivity contribution in [1.29, 1.82) is 0 Å². The van der Waals surface area contributed by atoms with Gasteiger partial charge in [0.25, 0.3) is 0 Å². The number of carboxylic acids is 1. The molecule has 0 atom stereocenters. The third-order valence-electron chi connectivity index (χ3n) is 3.39. The number of hydrogen-bond acceptors (Lipinski definition) is 5. The van der Waals surface area contributed by atoms with Crippen LogP contribution in [0.4, 0.5) is 0 Å². The molecule has 0 bridgehead atoms. The third kappa shape index (κ3) is 5.14. The Morgan fingerprint density at radius 2 is 1.88 bits per heavy atom. The third-order valence-corrected chi connectivity index (χ3v) is 3.65. The van der Waals surface area contributed by atoms with Gasteiger partial charge in [0.05, 0.1) is 12.3 Å². The van der Waals surface area contributed by atoms with E-state index in [1.54, 1.807) is 31.4 Å². The topological polar surface area (TPSA) is 81.5 Å². The number of halogens is 1. The zero-order valence-corrected chi connectivity index (χ0v) is 15.2. The lowest BCUT2D eigenvalue weighted by atomic mass is 10.0. The second kappa shape index (κ2) is 8.78. The van der Waals surface area contributed by atoms with Gasteiger partial charge < -0.3 is 14.6 Å². The van der Waals surface area contributed by atoms with E-state index in [1.165, 1.54) is 0 Å². The van der Waals surface area contributed by atoms with Crippen molar-refractivity contribution in [3.63, 3.8) is 0 Å². The minimum Gasteiger partial charge on any atom is -0.477 e. The molecule has 0 saturated carbocycles. The van der Waals surface area contributed by atoms with Crippen LogP contribution >= 0.6 is 11.6 Å². The van der Waals surface area contributed by atoms with Crippen molar-refractivity contribution in [2.75, 3.05) is 20.3 Å². The summed E-state index contributed by atoms with van der Waals surface area (Å²) in [5, 5.41) is 10.2. The summed E-state index contributed by atoms with van der Waals surface area (Å²) in [5.41, 5.74) is 1.19. The zero-order chi connectivity index (χ0) is 18.4. The zero-order valence-electron chi connectivity index (χ0n) is 14.5. The summed E-state index contributed by atoms with van der Waals surface area (Å²) < 4.78 is 10.5. The molecule has 0 radical (unpaired) electrons. The first-order valence-corrected chi connectivity index (χ1v) is 8.32. The Bertz CT molecular complexity index is 733. The van der Waals surface area contributed by atoms with Crippen LogP contribution < -0.4 is 4.74 Å². The smallest absolute Gasteiger partial charge is 0.343 e. The molecule has 0 spiro atoms. The number of aromatic carboxylic acids is 1. The lowest BCUT2D eigenvalue weighted by molar-refractivity contribution is 0.0686. The highest BCUT2D eigenvalue weighted by atomic mass is 35.5. The fourth-order valence-electron chi connectivity index (χ4n) is 2.29. The molecule has 1 aromatic heterocycles. The molecule has 1 N–H and O–H groups in total. The highest BCUT2D eigenvalue weighted by molar-refractivity contribution is 6.30. The van der Waals surface area contributed by atoms with Crippen LogP contribution in [0.25, 0.3) is 11.4 Å². The van der Waals surface area contributed by atoms with Crippen molar-refractivity contribution in [1.82, 2.24) is 9.97 Å². The summed E-state index contributed by atoms with van der Waals surface area (Å²) in [6.45, 7) is 4.54. The number of nitrogens with zero attached hydrogens (tertiary/aromatic N) is 2. The molecule has 0 amide bonds. The van der Waals surface area contributed by atoms with E-state index in [4.69, 9.17) is 21.1 Å². The van der Waals surface area contributed by atoms with E-state index in [9.17, 15) is 9.90 Å². The minimum absolute atomic E-state index is 0.00233. The first kappa shape index (κ1) is 19.1. The van der Waals surface area contributed by atoms with Gasteiger partial charge in [-0.15, -0.1) is 0 Å². The molecule has 7 heteroatoms. The molecule has 0 aliphatic carbocycles. The van der Waals surface area contributed by atoms with Gasteiger partial charge in [0, 0.05) is 17.7 Å². The maximum atomic E-state index is 11.7. The Hall–Kier alpha value is -2.18. The maximum absolute atomic E-state index is 11.7. The van der Waals surface area contributed by atoms with E-state index in [0.717, 1.165) is 5.56 Å². The number of hydrogen-bond donors (Lipinski definition) is 1. The van der Waals surface area contributed by atoms with Gasteiger partial charge in [-0.1, -0.05) is 25.4 Å². The summed E-state index contributed by atoms with van der Waals surface area (Å²) >= 11 is 5.92. The SMILES string of the molecule is COCCOc1nc(-c2ccc(Cl)cc2)nc(CC(C)C)c1C(=O)O. The fourth-order valence-corrected chi connectivity index (χ4v) is 2.41. The molecule has 0 aliphatic rings. The Morgan fingerprint density at radius 3 is 2.44 bits per heavy atom. The van der Waals surface area contributed by atoms with Crippen LogP contribution in [-0.4, -0.2) is 41.4 Å². The van der Waals surface area contributed by atoms with E-state index in [-0.39, 0.29) is 24.0 Å². The van der Waals surface area contributed by atoms with Crippen molar-refractivity contribution in [3.05, 3.63) is 40.5 Å². The van der Waals surface area contributed by atoms with Crippen molar-refractivity contribution in [2.45, 2.75) is 20.3 Å². The van der Waals surface area contributed by atoms with Gasteiger partial charge in [0.15, 0.2) is 5.82 Å². The number of aromatic nitrogens is 2. The molecule has 134 valence electrons. The first-order valence-electron chi connectivity index (χ1n) is 7.94. The highest BCUT2D eigenvalue weighted by Crippen LogP contribution is 2.27. The number of carboxylic acid groups (broad SMARTS) is 1. The maximum Gasteiger partial charge on any atom is 0.343 e. The van der Waals surface area contributed by atoms with Crippen molar-refractivity contribution in [2.24, 2.45) is 5.92 Å². The summed E-state index contributed by atoms with van der Waals surface area (Å²) in [5.74, 6) is -0.409. The quantitative estimate of drug-likeness (QED) is 0.719. The van der Waals surface area contributed by atoms with Gasteiger partial charge in [-0.3, -0.25) is 0 Å². The van der Waals surface area contributed by atoms with E-state index >= 15 is 0 Å². The van der Waals surface area contributed by atoms with E-state index in [0.29, 0.717) is 29.6 Å². The molecule has 25 heavy (non-hydrogen) atoms. The molecule has 0 aliphatic heterocycles. The van der Waals surface area contributed by atoms with Crippen molar-refractivity contribution in [3.8, 4) is 17.3 Å². The summed E-state index contributed by atoms with van der Waals surface area (Å²) in [6, 6.07) is 7.05. The standard InChI is InChI=1S/C18H21ClN2O4/c1-11(2)10-14-15(18(22)23)17(25-9-8-24-3)21-16(20-14)12-4-6-13(19)7-5-12/h4-7,11H,8-10H2,1-3H3,(H,22,23). The minimum atomic E-state index is -1.11. The van der Waals surface area contributed by atoms with Crippen LogP contribution in [-0.2, 0) is 11.2 Å². The normalized spacial score (nSPS) is 10.9.